The van der Waals surface area contributed by atoms with Crippen LogP contribution in [-0.2, 0) is 9.59 Å². The topological polar surface area (TPSA) is 49.4 Å². The molecule has 1 saturated heterocycles. The molecule has 0 radical (unpaired) electrons. The highest BCUT2D eigenvalue weighted by Crippen LogP contribution is 2.25. The third-order valence-electron chi connectivity index (χ3n) is 4.94. The Labute approximate surface area is 155 Å². The van der Waals surface area contributed by atoms with E-state index < -0.39 is 0 Å². The highest BCUT2D eigenvalue weighted by atomic mass is 16.2. The summed E-state index contributed by atoms with van der Waals surface area (Å²) >= 11 is 0. The normalized spacial score (nSPS) is 15.1. The number of hydrogen-bond acceptors (Lipinski definition) is 2. The molecule has 3 rings (SSSR count). The SMILES string of the molecule is Cc1ccccc1[C@H](NC(=O)CCCN1CCCC1=O)c1ccccc1. The van der Waals surface area contributed by atoms with E-state index in [-0.39, 0.29) is 17.9 Å². The first-order valence-electron chi connectivity index (χ1n) is 9.33. The molecule has 1 N–H and O–H groups in total. The molecule has 1 atom stereocenters. The number of likely N-dealkylation sites (tertiary alicyclic amines) is 1. The summed E-state index contributed by atoms with van der Waals surface area (Å²) in [5.41, 5.74) is 3.34. The Bertz CT molecular complexity index is 758. The van der Waals surface area contributed by atoms with E-state index in [0.717, 1.165) is 29.7 Å². The van der Waals surface area contributed by atoms with E-state index in [1.807, 2.05) is 47.4 Å². The van der Waals surface area contributed by atoms with Gasteiger partial charge >= 0.3 is 0 Å². The summed E-state index contributed by atoms with van der Waals surface area (Å²) in [6.07, 6.45) is 2.72. The van der Waals surface area contributed by atoms with Gasteiger partial charge in [-0.25, -0.2) is 0 Å². The summed E-state index contributed by atoms with van der Waals surface area (Å²) in [4.78, 5) is 26.1. The molecular formula is C22H26N2O2. The van der Waals surface area contributed by atoms with Crippen molar-refractivity contribution >= 4 is 11.8 Å². The van der Waals surface area contributed by atoms with Gasteiger partial charge in [-0.3, -0.25) is 9.59 Å². The van der Waals surface area contributed by atoms with Gasteiger partial charge in [0, 0.05) is 25.9 Å². The molecule has 1 aliphatic rings. The van der Waals surface area contributed by atoms with E-state index in [0.29, 0.717) is 25.8 Å². The Balaban J connectivity index is 1.65. The van der Waals surface area contributed by atoms with E-state index in [1.54, 1.807) is 0 Å². The molecule has 2 aromatic carbocycles. The van der Waals surface area contributed by atoms with Crippen molar-refractivity contribution in [3.8, 4) is 0 Å². The lowest BCUT2D eigenvalue weighted by atomic mass is 9.95. The van der Waals surface area contributed by atoms with Crippen LogP contribution in [0.5, 0.6) is 0 Å². The summed E-state index contributed by atoms with van der Waals surface area (Å²) in [5.74, 6) is 0.237. The van der Waals surface area contributed by atoms with Crippen LogP contribution in [0.3, 0.4) is 0 Å². The maximum absolute atomic E-state index is 12.6. The van der Waals surface area contributed by atoms with Crippen LogP contribution < -0.4 is 5.32 Å². The van der Waals surface area contributed by atoms with Crippen LogP contribution in [0.4, 0.5) is 0 Å². The first-order chi connectivity index (χ1) is 12.6. The number of nitrogens with one attached hydrogen (secondary N) is 1. The van der Waals surface area contributed by atoms with Crippen LogP contribution in [0, 0.1) is 6.92 Å². The van der Waals surface area contributed by atoms with Gasteiger partial charge in [0.05, 0.1) is 6.04 Å². The van der Waals surface area contributed by atoms with E-state index in [9.17, 15) is 9.59 Å². The Morgan fingerprint density at radius 2 is 1.85 bits per heavy atom. The minimum Gasteiger partial charge on any atom is -0.345 e. The lowest BCUT2D eigenvalue weighted by molar-refractivity contribution is -0.128. The van der Waals surface area contributed by atoms with Gasteiger partial charge in [0.25, 0.3) is 0 Å². The van der Waals surface area contributed by atoms with Gasteiger partial charge in [-0.05, 0) is 36.5 Å². The second-order valence-corrected chi connectivity index (χ2v) is 6.86. The molecule has 136 valence electrons. The van der Waals surface area contributed by atoms with Gasteiger partial charge in [0.2, 0.25) is 11.8 Å². The molecule has 2 aromatic rings. The highest BCUT2D eigenvalue weighted by molar-refractivity contribution is 5.79. The summed E-state index contributed by atoms with van der Waals surface area (Å²) in [6.45, 7) is 3.57. The monoisotopic (exact) mass is 350 g/mol. The van der Waals surface area contributed by atoms with E-state index in [1.165, 1.54) is 0 Å². The third-order valence-corrected chi connectivity index (χ3v) is 4.94. The molecule has 0 aromatic heterocycles. The zero-order valence-electron chi connectivity index (χ0n) is 15.3. The van der Waals surface area contributed by atoms with Crippen molar-refractivity contribution in [1.82, 2.24) is 10.2 Å². The number of carbonyl (C=O) groups excluding carboxylic acids is 2. The first kappa shape index (κ1) is 18.2. The molecule has 26 heavy (non-hydrogen) atoms. The molecule has 0 aliphatic carbocycles. The van der Waals surface area contributed by atoms with Gasteiger partial charge in [-0.1, -0.05) is 54.6 Å². The highest BCUT2D eigenvalue weighted by Gasteiger charge is 2.21. The summed E-state index contributed by atoms with van der Waals surface area (Å²) < 4.78 is 0. The van der Waals surface area contributed by atoms with E-state index >= 15 is 0 Å². The van der Waals surface area contributed by atoms with Crippen molar-refractivity contribution in [2.75, 3.05) is 13.1 Å². The molecule has 0 spiro atoms. The smallest absolute Gasteiger partial charge is 0.222 e. The molecule has 1 heterocycles. The standard InChI is InChI=1S/C22H26N2O2/c1-17-9-5-6-12-19(17)22(18-10-3-2-4-11-18)23-20(25)13-7-15-24-16-8-14-21(24)26/h2-6,9-12,22H,7-8,13-16H2,1H3,(H,23,25)/t22-/m1/s1. The zero-order valence-corrected chi connectivity index (χ0v) is 15.3. The summed E-state index contributed by atoms with van der Waals surface area (Å²) in [6, 6.07) is 18.0. The minimum atomic E-state index is -0.154. The zero-order chi connectivity index (χ0) is 18.4. The van der Waals surface area contributed by atoms with Crippen molar-refractivity contribution in [2.24, 2.45) is 0 Å². The number of nitrogens with zero attached hydrogens (tertiary/aromatic N) is 1. The van der Waals surface area contributed by atoms with Crippen LogP contribution in [0.15, 0.2) is 54.6 Å². The van der Waals surface area contributed by atoms with Gasteiger partial charge < -0.3 is 10.2 Å². The van der Waals surface area contributed by atoms with Crippen molar-refractivity contribution in [3.05, 3.63) is 71.3 Å². The molecule has 1 aliphatic heterocycles. The maximum atomic E-state index is 12.6. The van der Waals surface area contributed by atoms with Crippen LogP contribution in [-0.4, -0.2) is 29.8 Å². The Morgan fingerprint density at radius 1 is 1.12 bits per heavy atom. The lowest BCUT2D eigenvalue weighted by Gasteiger charge is -2.22. The summed E-state index contributed by atoms with van der Waals surface area (Å²) in [5, 5.41) is 3.18. The van der Waals surface area contributed by atoms with Crippen molar-refractivity contribution < 1.29 is 9.59 Å². The van der Waals surface area contributed by atoms with Gasteiger partial charge in [0.1, 0.15) is 0 Å². The Morgan fingerprint density at radius 3 is 2.54 bits per heavy atom. The average molecular weight is 350 g/mol. The van der Waals surface area contributed by atoms with Crippen LogP contribution in [0.25, 0.3) is 0 Å². The number of aryl methyl sites for hydroxylation is 1. The van der Waals surface area contributed by atoms with Crippen molar-refractivity contribution in [2.45, 2.75) is 38.6 Å². The number of hydrogen-bond donors (Lipinski definition) is 1. The van der Waals surface area contributed by atoms with Gasteiger partial charge in [-0.2, -0.15) is 0 Å². The largest absolute Gasteiger partial charge is 0.345 e. The second-order valence-electron chi connectivity index (χ2n) is 6.86. The quantitative estimate of drug-likeness (QED) is 0.829. The fourth-order valence-corrected chi connectivity index (χ4v) is 3.50. The van der Waals surface area contributed by atoms with Crippen LogP contribution >= 0.6 is 0 Å². The van der Waals surface area contributed by atoms with Crippen molar-refractivity contribution in [1.29, 1.82) is 0 Å². The molecular weight excluding hydrogens is 324 g/mol. The molecule has 4 heteroatoms. The predicted molar refractivity (Wildman–Crippen MR) is 103 cm³/mol. The number of rotatable bonds is 7. The first-order valence-corrected chi connectivity index (χ1v) is 9.33. The van der Waals surface area contributed by atoms with Gasteiger partial charge in [-0.15, -0.1) is 0 Å². The minimum absolute atomic E-state index is 0.0220. The number of carbonyl (C=O) groups is 2. The molecule has 0 unspecified atom stereocenters. The number of benzene rings is 2. The third kappa shape index (κ3) is 4.51. The number of amides is 2. The fraction of sp³-hybridized carbons (Fsp3) is 0.364. The molecule has 0 saturated carbocycles. The average Bonchev–Trinajstić information content (AvgIpc) is 3.06. The Hall–Kier alpha value is -2.62. The van der Waals surface area contributed by atoms with E-state index in [2.05, 4.69) is 24.4 Å². The summed E-state index contributed by atoms with van der Waals surface area (Å²) in [7, 11) is 0. The molecule has 0 bridgehead atoms. The van der Waals surface area contributed by atoms with E-state index in [4.69, 9.17) is 0 Å². The van der Waals surface area contributed by atoms with Gasteiger partial charge in [0.15, 0.2) is 0 Å². The predicted octanol–water partition coefficient (Wildman–Crippen LogP) is 3.60. The molecule has 1 fully saturated rings. The maximum Gasteiger partial charge on any atom is 0.222 e. The van der Waals surface area contributed by atoms with Crippen molar-refractivity contribution in [3.63, 3.8) is 0 Å². The van der Waals surface area contributed by atoms with Crippen LogP contribution in [0.1, 0.15) is 48.4 Å². The second kappa shape index (κ2) is 8.65. The lowest BCUT2D eigenvalue weighted by Crippen LogP contribution is -2.31. The molecule has 2 amide bonds. The molecule has 4 nitrogen and oxygen atoms in total. The fourth-order valence-electron chi connectivity index (χ4n) is 3.50. The Kier molecular flexibility index (Phi) is 6.05. The van der Waals surface area contributed by atoms with Crippen LogP contribution in [0.2, 0.25) is 0 Å².